The number of nitrogens with zero attached hydrogens (tertiary/aromatic N) is 5. The van der Waals surface area contributed by atoms with Gasteiger partial charge in [-0.05, 0) is 92.0 Å². The van der Waals surface area contributed by atoms with Crippen molar-refractivity contribution < 1.29 is 27.7 Å². The second-order valence-corrected chi connectivity index (χ2v) is 23.9. The smallest absolute Gasteiger partial charge is 0.351 e. The minimum atomic E-state index is -2.49. The monoisotopic (exact) mass is 802 g/mol. The molecule has 3 rings (SSSR count). The number of benzene rings is 1. The van der Waals surface area contributed by atoms with Gasteiger partial charge in [0.25, 0.3) is 14.4 Å². The van der Waals surface area contributed by atoms with Crippen LogP contribution in [0.2, 0.25) is 18.1 Å². The van der Waals surface area contributed by atoms with E-state index in [4.69, 9.17) is 22.9 Å². The van der Waals surface area contributed by atoms with Crippen molar-refractivity contribution in [2.75, 3.05) is 39.2 Å². The van der Waals surface area contributed by atoms with Gasteiger partial charge in [-0.1, -0.05) is 52.8 Å². The summed E-state index contributed by atoms with van der Waals surface area (Å²) in [5, 5.41) is 12.0. The molecule has 2 aromatic rings. The molecule has 1 aromatic carbocycles. The van der Waals surface area contributed by atoms with E-state index in [-0.39, 0.29) is 59.4 Å². The topological polar surface area (TPSA) is 140 Å². The number of carbonyl (C=O) groups excluding carboxylic acids is 1. The summed E-state index contributed by atoms with van der Waals surface area (Å²) in [5.41, 5.74) is -0.611. The van der Waals surface area contributed by atoms with Gasteiger partial charge in [-0.3, -0.25) is 9.36 Å². The first-order valence-corrected chi connectivity index (χ1v) is 23.3. The molecule has 0 spiro atoms. The standard InChI is InChI=1S/C40H67N6O7PSi/c1-28(2)46(29(3)4)54(50-25-19-23-41)52-34-33(53-55(14,15)38(5,6)7)31(26-49-27-39(8,9)40(10,11)44(12)13)51-36(34)45-24-22-32(43-37(45)48)42-35(47)30-20-17-16-18-21-30/h16-18,20-22,24,28-29,31,33-34,36H,19,25-27H2,1-15H3,(H,42,43,47,48)/t31-,33?,34+,36-,54?/m1/s1. The highest BCUT2D eigenvalue weighted by molar-refractivity contribution is 7.44. The number of aromatic nitrogens is 2. The largest absolute Gasteiger partial charge is 0.408 e. The number of ether oxygens (including phenoxy) is 2. The molecule has 0 bridgehead atoms. The number of rotatable bonds is 19. The molecule has 1 aromatic heterocycles. The van der Waals surface area contributed by atoms with E-state index >= 15 is 0 Å². The first-order valence-electron chi connectivity index (χ1n) is 19.2. The summed E-state index contributed by atoms with van der Waals surface area (Å²) in [6.45, 7) is 28.7. The van der Waals surface area contributed by atoms with Gasteiger partial charge in [0.05, 0.1) is 32.3 Å². The van der Waals surface area contributed by atoms with E-state index in [0.717, 1.165) is 0 Å². The summed E-state index contributed by atoms with van der Waals surface area (Å²) in [6, 6.07) is 12.5. The summed E-state index contributed by atoms with van der Waals surface area (Å²) in [5.74, 6) is -0.273. The van der Waals surface area contributed by atoms with E-state index < -0.39 is 47.1 Å². The fourth-order valence-corrected chi connectivity index (χ4v) is 8.96. The molecule has 1 N–H and O–H groups in total. The normalized spacial score (nSPS) is 20.4. The minimum absolute atomic E-state index is 0.0343. The average Bonchev–Trinajstić information content (AvgIpc) is 3.39. The molecule has 55 heavy (non-hydrogen) atoms. The van der Waals surface area contributed by atoms with E-state index in [0.29, 0.717) is 12.2 Å². The number of amides is 1. The second-order valence-electron chi connectivity index (χ2n) is 17.7. The van der Waals surface area contributed by atoms with Gasteiger partial charge in [-0.15, -0.1) is 0 Å². The number of hydrogen-bond donors (Lipinski definition) is 1. The van der Waals surface area contributed by atoms with Crippen LogP contribution in [-0.2, 0) is 22.9 Å². The Balaban J connectivity index is 2.14. The number of carbonyl (C=O) groups is 1. The lowest BCUT2D eigenvalue weighted by Gasteiger charge is -2.46. The highest BCUT2D eigenvalue weighted by Crippen LogP contribution is 2.52. The molecule has 2 unspecified atom stereocenters. The lowest BCUT2D eigenvalue weighted by atomic mass is 9.74. The third-order valence-corrected chi connectivity index (χ3v) is 17.9. The van der Waals surface area contributed by atoms with Gasteiger partial charge in [0.15, 0.2) is 14.5 Å². The molecule has 2 heterocycles. The van der Waals surface area contributed by atoms with Crippen LogP contribution in [0.4, 0.5) is 5.82 Å². The molecule has 1 aliphatic heterocycles. The van der Waals surface area contributed by atoms with Gasteiger partial charge in [0.1, 0.15) is 24.1 Å². The van der Waals surface area contributed by atoms with Crippen molar-refractivity contribution in [2.45, 2.75) is 143 Å². The van der Waals surface area contributed by atoms with Crippen molar-refractivity contribution in [2.24, 2.45) is 5.41 Å². The third-order valence-electron chi connectivity index (χ3n) is 11.3. The molecule has 1 aliphatic rings. The zero-order valence-electron chi connectivity index (χ0n) is 35.9. The van der Waals surface area contributed by atoms with Crippen LogP contribution < -0.4 is 11.0 Å². The van der Waals surface area contributed by atoms with Crippen LogP contribution in [0.1, 0.15) is 99.2 Å². The van der Waals surface area contributed by atoms with Gasteiger partial charge < -0.3 is 33.2 Å². The van der Waals surface area contributed by atoms with Crippen LogP contribution in [0.3, 0.4) is 0 Å². The van der Waals surface area contributed by atoms with Gasteiger partial charge in [0.2, 0.25) is 0 Å². The second kappa shape index (κ2) is 19.2. The van der Waals surface area contributed by atoms with Crippen molar-refractivity contribution in [3.8, 4) is 6.07 Å². The zero-order valence-corrected chi connectivity index (χ0v) is 37.8. The van der Waals surface area contributed by atoms with Crippen molar-refractivity contribution >= 4 is 28.6 Å². The Bertz CT molecular complexity index is 1630. The Hall–Kier alpha value is -2.57. The molecule has 0 radical (unpaired) electrons. The molecular weight excluding hydrogens is 736 g/mol. The van der Waals surface area contributed by atoms with E-state index in [9.17, 15) is 14.9 Å². The van der Waals surface area contributed by atoms with E-state index in [2.05, 4.69) is 129 Å². The van der Waals surface area contributed by atoms with Crippen LogP contribution in [0.25, 0.3) is 0 Å². The summed E-state index contributed by atoms with van der Waals surface area (Å²) in [6.07, 6.45) is -1.37. The maximum Gasteiger partial charge on any atom is 0.351 e. The highest BCUT2D eigenvalue weighted by atomic mass is 31.2. The van der Waals surface area contributed by atoms with Crippen molar-refractivity contribution in [3.63, 3.8) is 0 Å². The van der Waals surface area contributed by atoms with Gasteiger partial charge in [0, 0.05) is 34.8 Å². The zero-order chi connectivity index (χ0) is 41.5. The van der Waals surface area contributed by atoms with E-state index in [1.807, 2.05) is 6.07 Å². The SMILES string of the molecule is CC(C)N(C(C)C)P(OCCC#N)O[C@H]1C(O[Si](C)(C)C(C)(C)C)[C@@H](COCC(C)(C)C(C)(C)N(C)C)O[C@H]1n1ccc(NC(=O)c2ccccc2)nc1=O. The molecule has 5 atom stereocenters. The van der Waals surface area contributed by atoms with Crippen LogP contribution in [0, 0.1) is 16.7 Å². The molecule has 1 saturated heterocycles. The lowest BCUT2D eigenvalue weighted by Crippen LogP contribution is -2.53. The molecular formula is C40H67N6O7PSi. The Labute approximate surface area is 332 Å². The fraction of sp³-hybridized carbons (Fsp3) is 0.700. The summed E-state index contributed by atoms with van der Waals surface area (Å²) >= 11 is 0. The van der Waals surface area contributed by atoms with Crippen LogP contribution >= 0.6 is 8.53 Å². The van der Waals surface area contributed by atoms with Gasteiger partial charge in [-0.25, -0.2) is 9.46 Å². The molecule has 15 heteroatoms. The third kappa shape index (κ3) is 11.7. The average molecular weight is 803 g/mol. The predicted octanol–water partition coefficient (Wildman–Crippen LogP) is 7.83. The summed E-state index contributed by atoms with van der Waals surface area (Å²) in [4.78, 5) is 33.3. The molecule has 308 valence electrons. The maximum absolute atomic E-state index is 13.9. The number of nitrogens with one attached hydrogen (secondary N) is 1. The Morgan fingerprint density at radius 3 is 2.18 bits per heavy atom. The van der Waals surface area contributed by atoms with Gasteiger partial charge in [-0.2, -0.15) is 10.2 Å². The van der Waals surface area contributed by atoms with Crippen LogP contribution in [-0.4, -0.2) is 103 Å². The highest BCUT2D eigenvalue weighted by Gasteiger charge is 2.54. The van der Waals surface area contributed by atoms with Crippen LogP contribution in [0.5, 0.6) is 0 Å². The summed E-state index contributed by atoms with van der Waals surface area (Å²) in [7, 11) is -0.130. The first-order chi connectivity index (χ1) is 25.4. The number of hydrogen-bond acceptors (Lipinski definition) is 11. The van der Waals surface area contributed by atoms with Gasteiger partial charge >= 0.3 is 5.69 Å². The van der Waals surface area contributed by atoms with E-state index in [1.165, 1.54) is 4.57 Å². The molecule has 1 amide bonds. The minimum Gasteiger partial charge on any atom is -0.408 e. The Morgan fingerprint density at radius 2 is 1.65 bits per heavy atom. The van der Waals surface area contributed by atoms with Crippen molar-refractivity contribution in [3.05, 3.63) is 58.6 Å². The first kappa shape index (κ1) is 46.8. The molecule has 0 saturated carbocycles. The number of nitriles is 1. The number of anilines is 1. The van der Waals surface area contributed by atoms with Crippen molar-refractivity contribution in [1.29, 1.82) is 5.26 Å². The predicted molar refractivity (Wildman–Crippen MR) is 221 cm³/mol. The summed E-state index contributed by atoms with van der Waals surface area (Å²) < 4.78 is 37.6. The quantitative estimate of drug-likeness (QED) is 0.0845. The fourth-order valence-electron chi connectivity index (χ4n) is 5.90. The lowest BCUT2D eigenvalue weighted by molar-refractivity contribution is -0.0900. The Kier molecular flexibility index (Phi) is 16.4. The molecule has 13 nitrogen and oxygen atoms in total. The Morgan fingerprint density at radius 1 is 1.04 bits per heavy atom. The van der Waals surface area contributed by atoms with Crippen molar-refractivity contribution in [1.82, 2.24) is 19.1 Å². The molecule has 0 aliphatic carbocycles. The van der Waals surface area contributed by atoms with Crippen LogP contribution in [0.15, 0.2) is 47.4 Å². The maximum atomic E-state index is 13.9. The van der Waals surface area contributed by atoms with E-state index in [1.54, 1.807) is 36.5 Å². The molecule has 1 fully saturated rings.